The molecule has 4 amide bonds. The fraction of sp³-hybridized carbons (Fsp3) is 0.471. The number of hydrogen-bond donors (Lipinski definition) is 3. The van der Waals surface area contributed by atoms with Crippen LogP contribution in [0.15, 0.2) is 18.2 Å². The molecular weight excluding hydrogens is 360 g/mol. The molecule has 1 heterocycles. The second-order valence-corrected chi connectivity index (χ2v) is 6.83. The van der Waals surface area contributed by atoms with Gasteiger partial charge in [0.05, 0.1) is 24.4 Å². The molecule has 1 saturated heterocycles. The molecule has 1 spiro atoms. The standard InChI is InChI=1S/C17H21ClN4O4/c1-26-14-11(18)6-5-7-12(14)19-10-13(23)21-22-15(24)17(20-16(22)25)8-3-2-4-9-17/h5-7,19H,2-4,8-10H2,1H3,(H,20,25)(H,21,23). The van der Waals surface area contributed by atoms with Crippen LogP contribution in [0.1, 0.15) is 32.1 Å². The van der Waals surface area contributed by atoms with E-state index in [0.29, 0.717) is 29.3 Å². The molecule has 1 aliphatic heterocycles. The lowest BCUT2D eigenvalue weighted by Gasteiger charge is -2.30. The first kappa shape index (κ1) is 18.3. The van der Waals surface area contributed by atoms with Crippen LogP contribution in [0, 0.1) is 0 Å². The summed E-state index contributed by atoms with van der Waals surface area (Å²) in [5.41, 5.74) is 2.04. The number of halogens is 1. The van der Waals surface area contributed by atoms with Gasteiger partial charge in [0.15, 0.2) is 5.75 Å². The molecule has 1 aliphatic carbocycles. The van der Waals surface area contributed by atoms with E-state index in [-0.39, 0.29) is 6.54 Å². The number of ether oxygens (including phenoxy) is 1. The predicted octanol–water partition coefficient (Wildman–Crippen LogP) is 2.05. The van der Waals surface area contributed by atoms with Crippen molar-refractivity contribution in [3.63, 3.8) is 0 Å². The lowest BCUT2D eigenvalue weighted by Crippen LogP contribution is -2.51. The maximum Gasteiger partial charge on any atom is 0.344 e. The Hall–Kier alpha value is -2.48. The maximum atomic E-state index is 12.6. The maximum absolute atomic E-state index is 12.6. The van der Waals surface area contributed by atoms with Gasteiger partial charge in [0, 0.05) is 0 Å². The van der Waals surface area contributed by atoms with Gasteiger partial charge in [-0.3, -0.25) is 15.0 Å². The Morgan fingerprint density at radius 2 is 2.04 bits per heavy atom. The van der Waals surface area contributed by atoms with Crippen LogP contribution in [0.25, 0.3) is 0 Å². The van der Waals surface area contributed by atoms with Gasteiger partial charge in [-0.1, -0.05) is 36.9 Å². The van der Waals surface area contributed by atoms with Crippen LogP contribution in [0.4, 0.5) is 10.5 Å². The van der Waals surface area contributed by atoms with E-state index in [9.17, 15) is 14.4 Å². The molecule has 2 fully saturated rings. The Morgan fingerprint density at radius 1 is 1.31 bits per heavy atom. The normalized spacial score (nSPS) is 18.6. The van der Waals surface area contributed by atoms with E-state index in [4.69, 9.17) is 16.3 Å². The number of nitrogens with one attached hydrogen (secondary N) is 3. The largest absolute Gasteiger partial charge is 0.493 e. The van der Waals surface area contributed by atoms with Crippen molar-refractivity contribution in [2.45, 2.75) is 37.6 Å². The Labute approximate surface area is 156 Å². The van der Waals surface area contributed by atoms with Crippen molar-refractivity contribution in [1.82, 2.24) is 15.8 Å². The van der Waals surface area contributed by atoms with Crippen molar-refractivity contribution in [3.8, 4) is 5.75 Å². The number of hydrazine groups is 1. The Morgan fingerprint density at radius 3 is 2.73 bits per heavy atom. The van der Waals surface area contributed by atoms with Crippen molar-refractivity contribution in [2.24, 2.45) is 0 Å². The molecule has 0 atom stereocenters. The van der Waals surface area contributed by atoms with E-state index in [1.54, 1.807) is 18.2 Å². The van der Waals surface area contributed by atoms with Crippen molar-refractivity contribution in [1.29, 1.82) is 0 Å². The molecule has 0 bridgehead atoms. The lowest BCUT2D eigenvalue weighted by molar-refractivity contribution is -0.139. The highest BCUT2D eigenvalue weighted by molar-refractivity contribution is 6.32. The van der Waals surface area contributed by atoms with Crippen LogP contribution in [-0.4, -0.2) is 42.0 Å². The van der Waals surface area contributed by atoms with E-state index < -0.39 is 23.4 Å². The summed E-state index contributed by atoms with van der Waals surface area (Å²) in [4.78, 5) is 36.9. The minimum Gasteiger partial charge on any atom is -0.493 e. The number of para-hydroxylation sites is 1. The summed E-state index contributed by atoms with van der Waals surface area (Å²) < 4.78 is 5.20. The van der Waals surface area contributed by atoms with E-state index in [1.807, 2.05) is 0 Å². The summed E-state index contributed by atoms with van der Waals surface area (Å²) in [7, 11) is 1.48. The SMILES string of the molecule is COc1c(Cl)cccc1NCC(=O)NN1C(=O)NC2(CCCCC2)C1=O. The topological polar surface area (TPSA) is 99.8 Å². The van der Waals surface area contributed by atoms with Crippen LogP contribution in [-0.2, 0) is 9.59 Å². The minimum atomic E-state index is -0.869. The number of benzene rings is 1. The molecular formula is C17H21ClN4O4. The first-order valence-corrected chi connectivity index (χ1v) is 8.87. The van der Waals surface area contributed by atoms with Gasteiger partial charge in [-0.2, -0.15) is 5.01 Å². The van der Waals surface area contributed by atoms with Crippen LogP contribution in [0.5, 0.6) is 5.75 Å². The summed E-state index contributed by atoms with van der Waals surface area (Å²) in [5.74, 6) is -0.502. The molecule has 0 unspecified atom stereocenters. The first-order valence-electron chi connectivity index (χ1n) is 8.49. The van der Waals surface area contributed by atoms with Gasteiger partial charge in [0.2, 0.25) is 0 Å². The second kappa shape index (κ2) is 7.41. The molecule has 1 saturated carbocycles. The number of imide groups is 1. The molecule has 1 aromatic rings. The van der Waals surface area contributed by atoms with Gasteiger partial charge in [-0.25, -0.2) is 4.79 Å². The molecule has 26 heavy (non-hydrogen) atoms. The summed E-state index contributed by atoms with van der Waals surface area (Å²) in [6.07, 6.45) is 4.00. The number of methoxy groups -OCH3 is 1. The third-order valence-electron chi connectivity index (χ3n) is 4.72. The summed E-state index contributed by atoms with van der Waals surface area (Å²) in [6, 6.07) is 4.51. The first-order chi connectivity index (χ1) is 12.5. The average molecular weight is 381 g/mol. The number of urea groups is 1. The summed E-state index contributed by atoms with van der Waals surface area (Å²) in [5, 5.41) is 6.82. The molecule has 2 aliphatic rings. The van der Waals surface area contributed by atoms with Gasteiger partial charge in [0.25, 0.3) is 11.8 Å². The van der Waals surface area contributed by atoms with Crippen LogP contribution < -0.4 is 20.8 Å². The third kappa shape index (κ3) is 3.41. The highest BCUT2D eigenvalue weighted by atomic mass is 35.5. The summed E-state index contributed by atoms with van der Waals surface area (Å²) in [6.45, 7) is -0.152. The molecule has 0 aromatic heterocycles. The second-order valence-electron chi connectivity index (χ2n) is 6.42. The lowest BCUT2D eigenvalue weighted by atomic mass is 9.82. The molecule has 9 heteroatoms. The molecule has 3 N–H and O–H groups in total. The van der Waals surface area contributed by atoms with Crippen LogP contribution in [0.3, 0.4) is 0 Å². The minimum absolute atomic E-state index is 0.152. The van der Waals surface area contributed by atoms with Crippen LogP contribution in [0.2, 0.25) is 5.02 Å². The zero-order valence-electron chi connectivity index (χ0n) is 14.4. The third-order valence-corrected chi connectivity index (χ3v) is 5.01. The molecule has 3 rings (SSSR count). The van der Waals surface area contributed by atoms with Crippen molar-refractivity contribution < 1.29 is 19.1 Å². The van der Waals surface area contributed by atoms with E-state index in [2.05, 4.69) is 16.1 Å². The number of carbonyl (C=O) groups excluding carboxylic acids is 3. The number of rotatable bonds is 5. The fourth-order valence-electron chi connectivity index (χ4n) is 3.41. The number of anilines is 1. The highest BCUT2D eigenvalue weighted by Crippen LogP contribution is 2.33. The molecule has 1 aromatic carbocycles. The zero-order valence-corrected chi connectivity index (χ0v) is 15.2. The Bertz CT molecular complexity index is 733. The highest BCUT2D eigenvalue weighted by Gasteiger charge is 2.52. The average Bonchev–Trinajstić information content (AvgIpc) is 2.84. The fourth-order valence-corrected chi connectivity index (χ4v) is 3.66. The van der Waals surface area contributed by atoms with Gasteiger partial charge in [-0.05, 0) is 25.0 Å². The zero-order chi connectivity index (χ0) is 18.7. The van der Waals surface area contributed by atoms with E-state index in [0.717, 1.165) is 24.3 Å². The van der Waals surface area contributed by atoms with Gasteiger partial charge in [-0.15, -0.1) is 0 Å². The van der Waals surface area contributed by atoms with Gasteiger partial charge in [0.1, 0.15) is 5.54 Å². The number of nitrogens with zero attached hydrogens (tertiary/aromatic N) is 1. The molecule has 8 nitrogen and oxygen atoms in total. The van der Waals surface area contributed by atoms with E-state index >= 15 is 0 Å². The van der Waals surface area contributed by atoms with Crippen molar-refractivity contribution in [3.05, 3.63) is 23.2 Å². The Balaban J connectivity index is 1.61. The van der Waals surface area contributed by atoms with Crippen LogP contribution >= 0.6 is 11.6 Å². The smallest absolute Gasteiger partial charge is 0.344 e. The van der Waals surface area contributed by atoms with Crippen molar-refractivity contribution in [2.75, 3.05) is 19.0 Å². The predicted molar refractivity (Wildman–Crippen MR) is 95.8 cm³/mol. The quantitative estimate of drug-likeness (QED) is 0.679. The van der Waals surface area contributed by atoms with Gasteiger partial charge < -0.3 is 15.4 Å². The van der Waals surface area contributed by atoms with Crippen molar-refractivity contribution >= 4 is 35.1 Å². The molecule has 140 valence electrons. The van der Waals surface area contributed by atoms with E-state index in [1.165, 1.54) is 7.11 Å². The Kier molecular flexibility index (Phi) is 5.22. The molecule has 0 radical (unpaired) electrons. The summed E-state index contributed by atoms with van der Waals surface area (Å²) >= 11 is 6.03. The van der Waals surface area contributed by atoms with Gasteiger partial charge >= 0.3 is 6.03 Å². The number of hydrogen-bond acceptors (Lipinski definition) is 5. The monoisotopic (exact) mass is 380 g/mol. The number of carbonyl (C=O) groups is 3. The number of amides is 4.